The molecule has 0 aliphatic heterocycles. The molecule has 0 heterocycles. The van der Waals surface area contributed by atoms with E-state index in [0.29, 0.717) is 0 Å². The van der Waals surface area contributed by atoms with Crippen LogP contribution < -0.4 is 0 Å². The molecule has 0 unspecified atom stereocenters. The first kappa shape index (κ1) is 27.2. The number of benzene rings is 2. The normalized spacial score (nSPS) is 10.7. The molecule has 0 aliphatic rings. The molecular formula is C17H11F11O2. The molecule has 0 saturated carbocycles. The summed E-state index contributed by atoms with van der Waals surface area (Å²) >= 11 is 0. The Kier molecular flexibility index (Phi) is 9.31. The average molecular weight is 456 g/mol. The molecule has 2 nitrogen and oxygen atoms in total. The minimum absolute atomic E-state index is 0. The van der Waals surface area contributed by atoms with E-state index in [-0.39, 0.29) is 11.5 Å². The molecule has 0 saturated heterocycles. The molecule has 0 radical (unpaired) electrons. The number of hydrogen-bond acceptors (Lipinski definition) is 1. The molecule has 2 aromatic carbocycles. The van der Waals surface area contributed by atoms with E-state index in [4.69, 9.17) is 0 Å². The third-order valence-electron chi connectivity index (χ3n) is 3.19. The number of ether oxygens (including phenoxy) is 1. The average Bonchev–Trinajstić information content (AvgIpc) is 2.61. The molecule has 0 aliphatic carbocycles. The summed E-state index contributed by atoms with van der Waals surface area (Å²) in [6.07, 6.45) is -4.46. The van der Waals surface area contributed by atoms with E-state index in [9.17, 15) is 48.3 Å². The van der Waals surface area contributed by atoms with E-state index in [2.05, 4.69) is 11.3 Å². The molecule has 168 valence electrons. The lowest BCUT2D eigenvalue weighted by atomic mass is 9.99. The molecule has 0 amide bonds. The van der Waals surface area contributed by atoms with Gasteiger partial charge in [-0.3, -0.25) is 0 Å². The lowest BCUT2D eigenvalue weighted by Gasteiger charge is -2.15. The van der Waals surface area contributed by atoms with Gasteiger partial charge in [0.05, 0.1) is 24.0 Å². The van der Waals surface area contributed by atoms with Crippen molar-refractivity contribution >= 4 is 0 Å². The van der Waals surface area contributed by atoms with Crippen LogP contribution in [-0.2, 0) is 10.9 Å². The minimum Gasteiger partial charge on any atom is -0.502 e. The topological polar surface area (TPSA) is 40.7 Å². The van der Waals surface area contributed by atoms with Crippen molar-refractivity contribution in [2.24, 2.45) is 0 Å². The smallest absolute Gasteiger partial charge is 0.422 e. The highest BCUT2D eigenvalue weighted by Gasteiger charge is 2.43. The monoisotopic (exact) mass is 456 g/mol. The van der Waals surface area contributed by atoms with Gasteiger partial charge in [0.15, 0.2) is 46.5 Å². The predicted octanol–water partition coefficient (Wildman–Crippen LogP) is 5.83. The summed E-state index contributed by atoms with van der Waals surface area (Å²) in [5.74, 6) is -21.1. The fraction of sp³-hybridized carbons (Fsp3) is 0.176. The quantitative estimate of drug-likeness (QED) is 0.326. The third-order valence-corrected chi connectivity index (χ3v) is 3.19. The van der Waals surface area contributed by atoms with Gasteiger partial charge in [-0.15, -0.1) is 0 Å². The van der Waals surface area contributed by atoms with Crippen LogP contribution in [0.15, 0.2) is 18.9 Å². The SMILES string of the molecule is C=COCC.Fc1cc(F)c(F)c(-c2c(F)c(F)c(C(F)(F)F)c(F)c2F)c1F.O. The van der Waals surface area contributed by atoms with E-state index in [0.717, 1.165) is 6.61 Å². The van der Waals surface area contributed by atoms with Crippen molar-refractivity contribution in [2.75, 3.05) is 6.61 Å². The van der Waals surface area contributed by atoms with Gasteiger partial charge in [-0.1, -0.05) is 6.58 Å². The zero-order valence-electron chi connectivity index (χ0n) is 14.6. The van der Waals surface area contributed by atoms with Crippen molar-refractivity contribution < 1.29 is 58.5 Å². The van der Waals surface area contributed by atoms with E-state index in [1.807, 2.05) is 6.92 Å². The maximum Gasteiger partial charge on any atom is 0.422 e. The minimum atomic E-state index is -5.89. The molecule has 2 N–H and O–H groups in total. The van der Waals surface area contributed by atoms with Gasteiger partial charge in [-0.2, -0.15) is 13.2 Å². The van der Waals surface area contributed by atoms with Crippen LogP contribution in [0.3, 0.4) is 0 Å². The molecule has 30 heavy (non-hydrogen) atoms. The third kappa shape index (κ3) is 5.20. The van der Waals surface area contributed by atoms with Gasteiger partial charge in [0.2, 0.25) is 0 Å². The highest BCUT2D eigenvalue weighted by atomic mass is 19.4. The molecular weight excluding hydrogens is 445 g/mol. The fourth-order valence-electron chi connectivity index (χ4n) is 2.01. The summed E-state index contributed by atoms with van der Waals surface area (Å²) in [5, 5.41) is 0. The summed E-state index contributed by atoms with van der Waals surface area (Å²) in [5.41, 5.74) is -7.58. The molecule has 2 rings (SSSR count). The van der Waals surface area contributed by atoms with Crippen LogP contribution in [0, 0.1) is 46.5 Å². The lowest BCUT2D eigenvalue weighted by Crippen LogP contribution is -2.16. The van der Waals surface area contributed by atoms with Crippen molar-refractivity contribution in [1.82, 2.24) is 0 Å². The highest BCUT2D eigenvalue weighted by molar-refractivity contribution is 5.67. The van der Waals surface area contributed by atoms with Gasteiger partial charge in [0.25, 0.3) is 0 Å². The molecule has 0 spiro atoms. The van der Waals surface area contributed by atoms with Crippen LogP contribution in [0.2, 0.25) is 0 Å². The summed E-state index contributed by atoms with van der Waals surface area (Å²) in [6, 6.07) is -0.374. The van der Waals surface area contributed by atoms with Gasteiger partial charge >= 0.3 is 6.18 Å². The van der Waals surface area contributed by atoms with Crippen molar-refractivity contribution in [1.29, 1.82) is 0 Å². The van der Waals surface area contributed by atoms with E-state index >= 15 is 0 Å². The van der Waals surface area contributed by atoms with E-state index in [1.165, 1.54) is 6.26 Å². The number of hydrogen-bond donors (Lipinski definition) is 0. The molecule has 0 bridgehead atoms. The summed E-state index contributed by atoms with van der Waals surface area (Å²) < 4.78 is 149. The van der Waals surface area contributed by atoms with Gasteiger partial charge in [-0.05, 0) is 6.92 Å². The first-order valence-corrected chi connectivity index (χ1v) is 7.30. The van der Waals surface area contributed by atoms with Crippen molar-refractivity contribution in [3.8, 4) is 11.1 Å². The number of halogens is 11. The second kappa shape index (κ2) is 10.3. The Bertz CT molecular complexity index is 868. The van der Waals surface area contributed by atoms with Crippen LogP contribution in [0.25, 0.3) is 11.1 Å². The Morgan fingerprint density at radius 2 is 1.13 bits per heavy atom. The first-order valence-electron chi connectivity index (χ1n) is 7.30. The zero-order valence-corrected chi connectivity index (χ0v) is 14.6. The number of rotatable bonds is 3. The Morgan fingerprint density at radius 1 is 0.767 bits per heavy atom. The molecule has 13 heteroatoms. The predicted molar refractivity (Wildman–Crippen MR) is 82.0 cm³/mol. The second-order valence-electron chi connectivity index (χ2n) is 4.97. The van der Waals surface area contributed by atoms with E-state index in [1.54, 1.807) is 0 Å². The van der Waals surface area contributed by atoms with Crippen LogP contribution in [-0.4, -0.2) is 12.1 Å². The molecule has 2 aromatic rings. The van der Waals surface area contributed by atoms with Crippen LogP contribution in [0.1, 0.15) is 12.5 Å². The van der Waals surface area contributed by atoms with Gasteiger partial charge in [-0.25, -0.2) is 35.1 Å². The molecule has 0 fully saturated rings. The standard InChI is InChI=1S/C13HF11.C4H8O.H2O/c14-2-1-3(15)8(17)4(7(2)16)5-9(18)11(20)6(13(22,23)24)12(21)10(5)19;1-3-5-4-2;/h1H;3H,1,4H2,2H3;1H2. The van der Waals surface area contributed by atoms with Crippen LogP contribution in [0.4, 0.5) is 48.3 Å². The largest absolute Gasteiger partial charge is 0.502 e. The summed E-state index contributed by atoms with van der Waals surface area (Å²) in [7, 11) is 0. The van der Waals surface area contributed by atoms with Crippen LogP contribution >= 0.6 is 0 Å². The van der Waals surface area contributed by atoms with Crippen molar-refractivity contribution in [3.63, 3.8) is 0 Å². The van der Waals surface area contributed by atoms with Crippen molar-refractivity contribution in [3.05, 3.63) is 71.0 Å². The summed E-state index contributed by atoms with van der Waals surface area (Å²) in [4.78, 5) is 0. The second-order valence-corrected chi connectivity index (χ2v) is 4.97. The first-order chi connectivity index (χ1) is 13.3. The summed E-state index contributed by atoms with van der Waals surface area (Å²) in [6.45, 7) is 5.97. The van der Waals surface area contributed by atoms with Gasteiger partial charge < -0.3 is 10.2 Å². The maximum atomic E-state index is 13.7. The Hall–Kier alpha value is -2.83. The van der Waals surface area contributed by atoms with Crippen LogP contribution in [0.5, 0.6) is 0 Å². The number of alkyl halides is 3. The highest BCUT2D eigenvalue weighted by Crippen LogP contribution is 2.41. The van der Waals surface area contributed by atoms with Gasteiger partial charge in [0.1, 0.15) is 5.56 Å². The van der Waals surface area contributed by atoms with Gasteiger partial charge in [0, 0.05) is 6.07 Å². The Labute approximate surface area is 161 Å². The fourth-order valence-corrected chi connectivity index (χ4v) is 2.01. The van der Waals surface area contributed by atoms with E-state index < -0.39 is 69.4 Å². The molecule has 0 atom stereocenters. The lowest BCUT2D eigenvalue weighted by molar-refractivity contribution is -0.143. The Balaban J connectivity index is 0.00000125. The molecule has 0 aromatic heterocycles. The van der Waals surface area contributed by atoms with Crippen molar-refractivity contribution in [2.45, 2.75) is 13.1 Å². The Morgan fingerprint density at radius 3 is 1.40 bits per heavy atom. The zero-order chi connectivity index (χ0) is 22.7. The maximum absolute atomic E-state index is 13.7.